The first kappa shape index (κ1) is 22.7. The van der Waals surface area contributed by atoms with Crippen LogP contribution in [0, 0.1) is 5.92 Å². The molecule has 3 aliphatic rings. The molecule has 3 aliphatic heterocycles. The topological polar surface area (TPSA) is 131 Å². The molecule has 4 atom stereocenters. The molecule has 29 heavy (non-hydrogen) atoms. The number of esters is 1. The minimum Gasteiger partial charge on any atom is -0.469 e. The summed E-state index contributed by atoms with van der Waals surface area (Å²) in [4.78, 5) is 39.0. The Hall–Kier alpha value is -0.985. The SMILES string of the molecule is COC(=O)C1CN(C)CC1B(O)OOB(OOB(O)C1C=NCC1)C1CCNC1. The van der Waals surface area contributed by atoms with E-state index in [1.807, 2.05) is 11.9 Å². The number of carbonyl (C=O) groups excluding carboxylic acids is 1. The molecule has 0 aromatic carbocycles. The standard InChI is InChI=1S/C15H28B3N3O8/c1-21-9-13(15(22)25-2)14(10-21)17(24)27-29-18(12-4-6-20-8-12)28-26-16(23)11-3-5-19-7-11/h7,11-14,20,23-24H,3-6,8-10H2,1-2H3. The van der Waals surface area contributed by atoms with E-state index >= 15 is 0 Å². The number of nitrogens with one attached hydrogen (secondary N) is 1. The fourth-order valence-corrected chi connectivity index (χ4v) is 3.90. The molecule has 2 fully saturated rings. The Morgan fingerprint density at radius 2 is 1.93 bits per heavy atom. The van der Waals surface area contributed by atoms with Crippen LogP contribution >= 0.6 is 0 Å². The number of rotatable bonds is 10. The molecule has 0 saturated carbocycles. The Labute approximate surface area is 171 Å². The molecule has 0 bridgehead atoms. The van der Waals surface area contributed by atoms with E-state index < -0.39 is 39.1 Å². The van der Waals surface area contributed by atoms with Crippen molar-refractivity contribution in [2.75, 3.05) is 46.9 Å². The van der Waals surface area contributed by atoms with Crippen molar-refractivity contribution in [3.63, 3.8) is 0 Å². The second kappa shape index (κ2) is 10.9. The van der Waals surface area contributed by atoms with E-state index in [-0.39, 0.29) is 11.6 Å². The van der Waals surface area contributed by atoms with Gasteiger partial charge >= 0.3 is 27.3 Å². The largest absolute Gasteiger partial charge is 0.521 e. The third-order valence-corrected chi connectivity index (χ3v) is 5.65. The Balaban J connectivity index is 1.53. The first-order valence-corrected chi connectivity index (χ1v) is 9.97. The van der Waals surface area contributed by atoms with Gasteiger partial charge in [0.05, 0.1) is 13.0 Å². The van der Waals surface area contributed by atoms with Crippen molar-refractivity contribution in [2.45, 2.75) is 30.3 Å². The van der Waals surface area contributed by atoms with Crippen molar-refractivity contribution < 1.29 is 38.8 Å². The molecule has 0 aromatic rings. The molecule has 3 heterocycles. The average molecular weight is 411 g/mol. The van der Waals surface area contributed by atoms with E-state index in [1.165, 1.54) is 7.11 Å². The molecule has 3 N–H and O–H groups in total. The molecular formula is C15H28B3N3O8. The van der Waals surface area contributed by atoms with Crippen LogP contribution in [0.25, 0.3) is 0 Å². The minimum atomic E-state index is -1.35. The van der Waals surface area contributed by atoms with Gasteiger partial charge in [-0.1, -0.05) is 0 Å². The van der Waals surface area contributed by atoms with Crippen LogP contribution in [0.15, 0.2) is 4.99 Å². The van der Waals surface area contributed by atoms with Crippen molar-refractivity contribution in [1.29, 1.82) is 0 Å². The van der Waals surface area contributed by atoms with Crippen LogP contribution in [0.3, 0.4) is 0 Å². The lowest BCUT2D eigenvalue weighted by molar-refractivity contribution is -0.210. The van der Waals surface area contributed by atoms with Crippen LogP contribution in [-0.4, -0.2) is 95.4 Å². The molecule has 11 nitrogen and oxygen atoms in total. The van der Waals surface area contributed by atoms with Gasteiger partial charge in [-0.15, -0.1) is 0 Å². The highest BCUT2D eigenvalue weighted by atomic mass is 17.3. The monoisotopic (exact) mass is 411 g/mol. The zero-order valence-electron chi connectivity index (χ0n) is 16.8. The third-order valence-electron chi connectivity index (χ3n) is 5.65. The van der Waals surface area contributed by atoms with E-state index in [0.717, 1.165) is 13.0 Å². The maximum atomic E-state index is 12.0. The average Bonchev–Trinajstić information content (AvgIpc) is 3.48. The molecular weight excluding hydrogens is 383 g/mol. The van der Waals surface area contributed by atoms with Gasteiger partial charge in [0.2, 0.25) is 0 Å². The predicted molar refractivity (Wildman–Crippen MR) is 106 cm³/mol. The number of hydrogen-bond acceptors (Lipinski definition) is 11. The Morgan fingerprint density at radius 3 is 2.55 bits per heavy atom. The molecule has 3 rings (SSSR count). The van der Waals surface area contributed by atoms with Gasteiger partial charge in [0, 0.05) is 37.1 Å². The molecule has 0 amide bonds. The first-order valence-electron chi connectivity index (χ1n) is 9.97. The van der Waals surface area contributed by atoms with E-state index in [2.05, 4.69) is 10.3 Å². The van der Waals surface area contributed by atoms with E-state index in [9.17, 15) is 14.8 Å². The molecule has 0 radical (unpaired) electrons. The summed E-state index contributed by atoms with van der Waals surface area (Å²) in [6.07, 6.45) is 3.08. The van der Waals surface area contributed by atoms with Gasteiger partial charge in [0.15, 0.2) is 0 Å². The maximum absolute atomic E-state index is 12.0. The minimum absolute atomic E-state index is 0.0886. The summed E-state index contributed by atoms with van der Waals surface area (Å²) in [5, 5.41) is 23.7. The van der Waals surface area contributed by atoms with Crippen molar-refractivity contribution in [3.05, 3.63) is 0 Å². The molecule has 2 saturated heterocycles. The van der Waals surface area contributed by atoms with Crippen LogP contribution in [0.4, 0.5) is 0 Å². The molecule has 0 aromatic heterocycles. The number of methoxy groups -OCH3 is 1. The van der Waals surface area contributed by atoms with Crippen molar-refractivity contribution in [1.82, 2.24) is 10.2 Å². The number of aliphatic imine (C=N–C) groups is 1. The summed E-state index contributed by atoms with van der Waals surface area (Å²) < 4.78 is 4.82. The number of hydrogen-bond donors (Lipinski definition) is 3. The summed E-state index contributed by atoms with van der Waals surface area (Å²) in [7, 11) is -0.310. The summed E-state index contributed by atoms with van der Waals surface area (Å²) in [5.74, 6) is -1.75. The van der Waals surface area contributed by atoms with Gasteiger partial charge in [-0.3, -0.25) is 29.0 Å². The zero-order valence-corrected chi connectivity index (χ0v) is 16.8. The fraction of sp³-hybridized carbons (Fsp3) is 0.867. The summed E-state index contributed by atoms with van der Waals surface area (Å²) >= 11 is 0. The number of nitrogens with zero attached hydrogens (tertiary/aromatic N) is 2. The van der Waals surface area contributed by atoms with E-state index in [4.69, 9.17) is 24.0 Å². The zero-order chi connectivity index (χ0) is 20.8. The summed E-state index contributed by atoms with van der Waals surface area (Å²) in [6, 6.07) is 0. The summed E-state index contributed by atoms with van der Waals surface area (Å²) in [6.45, 7) is 2.96. The molecule has 14 heteroatoms. The second-order valence-electron chi connectivity index (χ2n) is 7.81. The normalized spacial score (nSPS) is 29.4. The second-order valence-corrected chi connectivity index (χ2v) is 7.81. The van der Waals surface area contributed by atoms with Crippen LogP contribution in [0.1, 0.15) is 12.8 Å². The predicted octanol–water partition coefficient (Wildman–Crippen LogP) is -1.35. The van der Waals surface area contributed by atoms with Crippen molar-refractivity contribution >= 4 is 33.5 Å². The number of carbonyl (C=O) groups is 1. The highest BCUT2D eigenvalue weighted by molar-refractivity contribution is 6.51. The quantitative estimate of drug-likeness (QED) is 0.172. The van der Waals surface area contributed by atoms with E-state index in [1.54, 1.807) is 6.21 Å². The lowest BCUT2D eigenvalue weighted by Crippen LogP contribution is -2.39. The summed E-state index contributed by atoms with van der Waals surface area (Å²) in [5.41, 5.74) is 0. The molecule has 160 valence electrons. The van der Waals surface area contributed by atoms with Crippen LogP contribution < -0.4 is 5.32 Å². The Morgan fingerprint density at radius 1 is 1.17 bits per heavy atom. The van der Waals surface area contributed by atoms with Crippen molar-refractivity contribution in [3.8, 4) is 0 Å². The van der Waals surface area contributed by atoms with Gasteiger partial charge in [0.25, 0.3) is 0 Å². The number of likely N-dealkylation sites (tertiary alicyclic amines) is 1. The Kier molecular flexibility index (Phi) is 8.51. The fourth-order valence-electron chi connectivity index (χ4n) is 3.90. The van der Waals surface area contributed by atoms with Crippen LogP contribution in [-0.2, 0) is 28.8 Å². The van der Waals surface area contributed by atoms with E-state index in [0.29, 0.717) is 32.6 Å². The number of ether oxygens (including phenoxy) is 1. The lowest BCUT2D eigenvalue weighted by atomic mass is 9.67. The lowest BCUT2D eigenvalue weighted by Gasteiger charge is -2.22. The molecule has 0 spiro atoms. The van der Waals surface area contributed by atoms with Crippen molar-refractivity contribution in [2.24, 2.45) is 10.9 Å². The van der Waals surface area contributed by atoms with Gasteiger partial charge in [0.1, 0.15) is 0 Å². The van der Waals surface area contributed by atoms with Crippen LogP contribution in [0.5, 0.6) is 0 Å². The highest BCUT2D eigenvalue weighted by Crippen LogP contribution is 2.31. The Bertz CT molecular complexity index is 571. The van der Waals surface area contributed by atoms with Gasteiger partial charge in [-0.05, 0) is 39.2 Å². The molecule has 4 unspecified atom stereocenters. The highest BCUT2D eigenvalue weighted by Gasteiger charge is 2.47. The third kappa shape index (κ3) is 6.01. The molecule has 0 aliphatic carbocycles. The smallest absolute Gasteiger partial charge is 0.469 e. The maximum Gasteiger partial charge on any atom is 0.521 e. The van der Waals surface area contributed by atoms with Gasteiger partial charge in [-0.2, -0.15) is 0 Å². The van der Waals surface area contributed by atoms with Gasteiger partial charge in [-0.25, -0.2) is 0 Å². The first-order chi connectivity index (χ1) is 14.0. The van der Waals surface area contributed by atoms with Gasteiger partial charge < -0.3 is 25.0 Å². The van der Waals surface area contributed by atoms with Crippen LogP contribution in [0.2, 0.25) is 17.5 Å².